The van der Waals surface area contributed by atoms with Crippen molar-refractivity contribution in [1.29, 1.82) is 0 Å². The average molecular weight is 324 g/mol. The van der Waals surface area contributed by atoms with E-state index < -0.39 is 9.84 Å². The van der Waals surface area contributed by atoms with Crippen molar-refractivity contribution in [2.75, 3.05) is 25.1 Å². The second-order valence-corrected chi connectivity index (χ2v) is 7.66. The van der Waals surface area contributed by atoms with Gasteiger partial charge in [0.2, 0.25) is 5.91 Å². The fraction of sp³-hybridized carbons (Fsp3) is 0.467. The SMILES string of the molecule is CN(C(=O)CCNC(=O)c1ccccc1)[C@@H]1CCS(=O)(=O)C1. The van der Waals surface area contributed by atoms with Gasteiger partial charge < -0.3 is 10.2 Å². The molecule has 1 N–H and O–H groups in total. The zero-order valence-corrected chi connectivity index (χ0v) is 13.3. The maximum Gasteiger partial charge on any atom is 0.251 e. The van der Waals surface area contributed by atoms with E-state index in [4.69, 9.17) is 0 Å². The molecule has 1 aromatic carbocycles. The molecule has 1 atom stereocenters. The summed E-state index contributed by atoms with van der Waals surface area (Å²) < 4.78 is 22.9. The molecule has 0 unspecified atom stereocenters. The fourth-order valence-corrected chi connectivity index (χ4v) is 4.21. The van der Waals surface area contributed by atoms with E-state index in [2.05, 4.69) is 5.32 Å². The molecule has 1 aromatic rings. The van der Waals surface area contributed by atoms with Crippen molar-refractivity contribution in [2.45, 2.75) is 18.9 Å². The number of nitrogens with one attached hydrogen (secondary N) is 1. The third kappa shape index (κ3) is 4.30. The topological polar surface area (TPSA) is 83.6 Å². The molecule has 0 saturated carbocycles. The van der Waals surface area contributed by atoms with Crippen molar-refractivity contribution in [3.8, 4) is 0 Å². The fourth-order valence-electron chi connectivity index (χ4n) is 2.44. The number of benzene rings is 1. The Bertz CT molecular complexity index is 643. The number of nitrogens with zero attached hydrogens (tertiary/aromatic N) is 1. The first-order chi connectivity index (χ1) is 10.4. The van der Waals surface area contributed by atoms with Gasteiger partial charge in [0, 0.05) is 31.6 Å². The summed E-state index contributed by atoms with van der Waals surface area (Å²) in [6, 6.07) is 8.52. The lowest BCUT2D eigenvalue weighted by molar-refractivity contribution is -0.131. The van der Waals surface area contributed by atoms with Crippen molar-refractivity contribution >= 4 is 21.7 Å². The maximum absolute atomic E-state index is 12.0. The second-order valence-electron chi connectivity index (χ2n) is 5.43. The Morgan fingerprint density at radius 2 is 1.95 bits per heavy atom. The lowest BCUT2D eigenvalue weighted by atomic mass is 10.2. The maximum atomic E-state index is 12.0. The molecule has 7 heteroatoms. The monoisotopic (exact) mass is 324 g/mol. The van der Waals surface area contributed by atoms with Crippen LogP contribution in [0.2, 0.25) is 0 Å². The van der Waals surface area contributed by atoms with Crippen LogP contribution in [0.3, 0.4) is 0 Å². The molecule has 120 valence electrons. The van der Waals surface area contributed by atoms with Crippen LogP contribution in [0.4, 0.5) is 0 Å². The van der Waals surface area contributed by atoms with E-state index in [1.54, 1.807) is 31.3 Å². The number of carbonyl (C=O) groups is 2. The molecule has 1 heterocycles. The second kappa shape index (κ2) is 6.91. The quantitative estimate of drug-likeness (QED) is 0.852. The Morgan fingerprint density at radius 3 is 2.55 bits per heavy atom. The predicted molar refractivity (Wildman–Crippen MR) is 83.2 cm³/mol. The molecule has 22 heavy (non-hydrogen) atoms. The summed E-state index contributed by atoms with van der Waals surface area (Å²) in [6.07, 6.45) is 0.645. The standard InChI is InChI=1S/C15H20N2O4S/c1-17(13-8-10-22(20,21)11-13)14(18)7-9-16-15(19)12-5-3-2-4-6-12/h2-6,13H,7-11H2,1H3,(H,16,19)/t13-/m1/s1. The zero-order valence-electron chi connectivity index (χ0n) is 12.5. The summed E-state index contributed by atoms with van der Waals surface area (Å²) >= 11 is 0. The minimum atomic E-state index is -3.01. The van der Waals surface area contributed by atoms with Gasteiger partial charge in [-0.15, -0.1) is 0 Å². The Morgan fingerprint density at radius 1 is 1.27 bits per heavy atom. The smallest absolute Gasteiger partial charge is 0.251 e. The van der Waals surface area contributed by atoms with Gasteiger partial charge in [-0.3, -0.25) is 9.59 Å². The van der Waals surface area contributed by atoms with Gasteiger partial charge >= 0.3 is 0 Å². The zero-order chi connectivity index (χ0) is 16.2. The molecule has 0 aliphatic carbocycles. The van der Waals surface area contributed by atoms with E-state index >= 15 is 0 Å². The molecular formula is C15H20N2O4S. The van der Waals surface area contributed by atoms with Gasteiger partial charge in [-0.05, 0) is 18.6 Å². The first-order valence-electron chi connectivity index (χ1n) is 7.18. The van der Waals surface area contributed by atoms with Crippen LogP contribution in [0.5, 0.6) is 0 Å². The first kappa shape index (κ1) is 16.5. The van der Waals surface area contributed by atoms with Gasteiger partial charge in [0.25, 0.3) is 5.91 Å². The van der Waals surface area contributed by atoms with Gasteiger partial charge in [-0.25, -0.2) is 8.42 Å². The van der Waals surface area contributed by atoms with Crippen molar-refractivity contribution in [1.82, 2.24) is 10.2 Å². The van der Waals surface area contributed by atoms with E-state index in [1.165, 1.54) is 4.90 Å². The van der Waals surface area contributed by atoms with Gasteiger partial charge in [0.1, 0.15) is 0 Å². The normalized spacial score (nSPS) is 19.6. The van der Waals surface area contributed by atoms with Crippen LogP contribution in [-0.4, -0.2) is 56.3 Å². The lowest BCUT2D eigenvalue weighted by Gasteiger charge is -2.23. The summed E-state index contributed by atoms with van der Waals surface area (Å²) in [7, 11) is -1.39. The number of rotatable bonds is 5. The number of hydrogen-bond donors (Lipinski definition) is 1. The number of carbonyl (C=O) groups excluding carboxylic acids is 2. The van der Waals surface area contributed by atoms with Gasteiger partial charge in [-0.1, -0.05) is 18.2 Å². The van der Waals surface area contributed by atoms with Crippen LogP contribution in [-0.2, 0) is 14.6 Å². The Hall–Kier alpha value is -1.89. The van der Waals surface area contributed by atoms with Crippen molar-refractivity contribution in [2.24, 2.45) is 0 Å². The van der Waals surface area contributed by atoms with Crippen molar-refractivity contribution < 1.29 is 18.0 Å². The molecule has 1 aliphatic heterocycles. The lowest BCUT2D eigenvalue weighted by Crippen LogP contribution is -2.39. The minimum absolute atomic E-state index is 0.0333. The number of sulfone groups is 1. The van der Waals surface area contributed by atoms with Gasteiger partial charge in [0.05, 0.1) is 11.5 Å². The van der Waals surface area contributed by atoms with E-state index in [9.17, 15) is 18.0 Å². The Labute approximate surface area is 130 Å². The molecule has 0 bridgehead atoms. The Balaban J connectivity index is 1.77. The van der Waals surface area contributed by atoms with Crippen LogP contribution >= 0.6 is 0 Å². The third-order valence-electron chi connectivity index (χ3n) is 3.81. The van der Waals surface area contributed by atoms with Crippen LogP contribution in [0, 0.1) is 0 Å². The Kier molecular flexibility index (Phi) is 5.18. The first-order valence-corrected chi connectivity index (χ1v) is 9.00. The number of hydrogen-bond acceptors (Lipinski definition) is 4. The highest BCUT2D eigenvalue weighted by atomic mass is 32.2. The molecule has 6 nitrogen and oxygen atoms in total. The van der Waals surface area contributed by atoms with Crippen LogP contribution in [0.15, 0.2) is 30.3 Å². The summed E-state index contributed by atoms with van der Waals surface area (Å²) in [5, 5.41) is 2.69. The van der Waals surface area contributed by atoms with Gasteiger partial charge in [-0.2, -0.15) is 0 Å². The van der Waals surface area contributed by atoms with E-state index in [1.807, 2.05) is 6.07 Å². The van der Waals surface area contributed by atoms with Crippen molar-refractivity contribution in [3.63, 3.8) is 0 Å². The molecule has 2 rings (SSSR count). The molecule has 2 amide bonds. The molecule has 1 aliphatic rings. The highest BCUT2D eigenvalue weighted by Crippen LogP contribution is 2.16. The largest absolute Gasteiger partial charge is 0.352 e. The van der Waals surface area contributed by atoms with E-state index in [0.717, 1.165) is 0 Å². The molecule has 0 spiro atoms. The molecule has 0 aromatic heterocycles. The van der Waals surface area contributed by atoms with E-state index in [0.29, 0.717) is 12.0 Å². The highest BCUT2D eigenvalue weighted by Gasteiger charge is 2.32. The van der Waals surface area contributed by atoms with Crippen LogP contribution in [0.25, 0.3) is 0 Å². The minimum Gasteiger partial charge on any atom is -0.352 e. The molecule has 1 saturated heterocycles. The third-order valence-corrected chi connectivity index (χ3v) is 5.56. The number of amides is 2. The predicted octanol–water partition coefficient (Wildman–Crippen LogP) is 0.452. The molecule has 1 fully saturated rings. The van der Waals surface area contributed by atoms with Crippen molar-refractivity contribution in [3.05, 3.63) is 35.9 Å². The van der Waals surface area contributed by atoms with E-state index in [-0.39, 0.29) is 42.3 Å². The summed E-state index contributed by atoms with van der Waals surface area (Å²) in [6.45, 7) is 0.233. The summed E-state index contributed by atoms with van der Waals surface area (Å²) in [5.41, 5.74) is 0.546. The average Bonchev–Trinajstić information content (AvgIpc) is 2.87. The highest BCUT2D eigenvalue weighted by molar-refractivity contribution is 7.91. The molecule has 0 radical (unpaired) electrons. The summed E-state index contributed by atoms with van der Waals surface area (Å²) in [5.74, 6) is -0.207. The van der Waals surface area contributed by atoms with Gasteiger partial charge in [0.15, 0.2) is 9.84 Å². The molecular weight excluding hydrogens is 304 g/mol. The summed E-state index contributed by atoms with van der Waals surface area (Å²) in [4.78, 5) is 25.3. The van der Waals surface area contributed by atoms with Crippen LogP contribution in [0.1, 0.15) is 23.2 Å². The van der Waals surface area contributed by atoms with Crippen LogP contribution < -0.4 is 5.32 Å².